The summed E-state index contributed by atoms with van der Waals surface area (Å²) >= 11 is 18.8. The predicted molar refractivity (Wildman–Crippen MR) is 158 cm³/mol. The third-order valence-electron chi connectivity index (χ3n) is 5.88. The molecule has 0 saturated carbocycles. The topological polar surface area (TPSA) is 94.2 Å². The molecule has 0 aromatic carbocycles. The zero-order chi connectivity index (χ0) is 28.2. The van der Waals surface area contributed by atoms with E-state index in [4.69, 9.17) is 39.2 Å². The van der Waals surface area contributed by atoms with Crippen LogP contribution in [0.3, 0.4) is 0 Å². The molecule has 2 aromatic heterocycles. The molecule has 0 fully saturated rings. The minimum absolute atomic E-state index is 0.00713. The lowest BCUT2D eigenvalue weighted by Gasteiger charge is -2.19. The molecule has 1 atom stereocenters. The fraction of sp³-hybridized carbons (Fsp3) is 0.214. The van der Waals surface area contributed by atoms with Crippen LogP contribution in [0.5, 0.6) is 0 Å². The fourth-order valence-electron chi connectivity index (χ4n) is 4.21. The number of aromatic nitrogens is 2. The molecule has 1 aliphatic carbocycles. The maximum absolute atomic E-state index is 13.5. The minimum atomic E-state index is -3.61. The van der Waals surface area contributed by atoms with E-state index in [1.165, 1.54) is 4.68 Å². The molecule has 1 N–H and O–H groups in total. The lowest BCUT2D eigenvalue weighted by Crippen LogP contribution is -2.33. The van der Waals surface area contributed by atoms with Crippen molar-refractivity contribution < 1.29 is 17.6 Å². The van der Waals surface area contributed by atoms with Crippen LogP contribution in [0.1, 0.15) is 47.3 Å². The minimum Gasteiger partial charge on any atom is -0.445 e. The first-order valence-electron chi connectivity index (χ1n) is 12.1. The van der Waals surface area contributed by atoms with E-state index in [2.05, 4.69) is 17.0 Å². The molecule has 204 valence electrons. The largest absolute Gasteiger partial charge is 0.445 e. The fourth-order valence-corrected chi connectivity index (χ4v) is 6.40. The molecule has 2 aliphatic rings. The van der Waals surface area contributed by atoms with Gasteiger partial charge in [-0.05, 0) is 61.2 Å². The van der Waals surface area contributed by atoms with Crippen LogP contribution < -0.4 is 5.32 Å². The van der Waals surface area contributed by atoms with Gasteiger partial charge in [0.15, 0.2) is 20.8 Å². The lowest BCUT2D eigenvalue weighted by atomic mass is 10.1. The van der Waals surface area contributed by atoms with Gasteiger partial charge < -0.3 is 9.73 Å². The predicted octanol–water partition coefficient (Wildman–Crippen LogP) is 6.90. The Bertz CT molecular complexity index is 1590. The van der Waals surface area contributed by atoms with Crippen LogP contribution in [-0.4, -0.2) is 35.9 Å². The Morgan fingerprint density at radius 1 is 1.21 bits per heavy atom. The molecular weight excluding hydrogens is 581 g/mol. The zero-order valence-corrected chi connectivity index (χ0v) is 24.1. The van der Waals surface area contributed by atoms with Crippen LogP contribution in [0, 0.1) is 0 Å². The van der Waals surface area contributed by atoms with Crippen molar-refractivity contribution in [2.75, 3.05) is 5.75 Å². The molecule has 39 heavy (non-hydrogen) atoms. The molecule has 1 amide bonds. The first kappa shape index (κ1) is 29.0. The van der Waals surface area contributed by atoms with Crippen LogP contribution >= 0.6 is 34.8 Å². The van der Waals surface area contributed by atoms with Gasteiger partial charge in [0.25, 0.3) is 5.91 Å². The molecule has 0 unspecified atom stereocenters. The van der Waals surface area contributed by atoms with E-state index < -0.39 is 15.7 Å². The zero-order valence-electron chi connectivity index (χ0n) is 21.0. The summed E-state index contributed by atoms with van der Waals surface area (Å²) < 4.78 is 33.0. The van der Waals surface area contributed by atoms with Crippen LogP contribution in [0.2, 0.25) is 5.22 Å². The second kappa shape index (κ2) is 12.4. The van der Waals surface area contributed by atoms with Gasteiger partial charge in [-0.2, -0.15) is 5.10 Å². The molecular formula is C28H26Cl3N3O4S. The molecule has 0 radical (unpaired) electrons. The van der Waals surface area contributed by atoms with Crippen molar-refractivity contribution in [2.45, 2.75) is 31.6 Å². The first-order valence-corrected chi connectivity index (χ1v) is 15.0. The van der Waals surface area contributed by atoms with Crippen LogP contribution in [0.15, 0.2) is 81.8 Å². The van der Waals surface area contributed by atoms with Crippen molar-refractivity contribution in [3.63, 3.8) is 0 Å². The standard InChI is InChI=1S/C28H26Cl3N3O4S/c1-3-4-5-6-7-9-18(2)32-28(35)26-22-17-39(36,37)16-19(14-21-12-13-25(31)38-21)27(22)34(33-26)24-11-8-10-20(29)15-23(24)30/h3-7,10-15,18H,1,8-9,16-17H2,2H3,(H,32,35)/b5-4-,7-6-,19-14+/t18-/m1/s1. The molecule has 0 spiro atoms. The molecule has 4 rings (SSSR count). The number of amides is 1. The summed E-state index contributed by atoms with van der Waals surface area (Å²) in [7, 11) is -3.61. The highest BCUT2D eigenvalue weighted by atomic mass is 35.5. The number of nitrogens with zero attached hydrogens (tertiary/aromatic N) is 2. The second-order valence-corrected chi connectivity index (χ2v) is 12.3. The highest BCUT2D eigenvalue weighted by molar-refractivity contribution is 7.91. The summed E-state index contributed by atoms with van der Waals surface area (Å²) in [4.78, 5) is 13.5. The molecule has 7 nitrogen and oxygen atoms in total. The number of furan rings is 1. The van der Waals surface area contributed by atoms with Crippen molar-refractivity contribution in [2.24, 2.45) is 0 Å². The normalized spacial score (nSPS) is 18.9. The highest BCUT2D eigenvalue weighted by Crippen LogP contribution is 2.38. The van der Waals surface area contributed by atoms with Gasteiger partial charge in [-0.15, -0.1) is 0 Å². The van der Waals surface area contributed by atoms with E-state index in [0.29, 0.717) is 45.6 Å². The van der Waals surface area contributed by atoms with Crippen molar-refractivity contribution in [1.29, 1.82) is 0 Å². The van der Waals surface area contributed by atoms with Crippen LogP contribution in [-0.2, 0) is 15.6 Å². The van der Waals surface area contributed by atoms with Crippen molar-refractivity contribution in [3.8, 4) is 0 Å². The molecule has 11 heteroatoms. The van der Waals surface area contributed by atoms with Gasteiger partial charge in [-0.3, -0.25) is 4.79 Å². The number of rotatable bonds is 8. The number of hydrogen-bond acceptors (Lipinski definition) is 5. The monoisotopic (exact) mass is 605 g/mol. The quantitative estimate of drug-likeness (QED) is 0.330. The number of carbonyl (C=O) groups excluding carboxylic acids is 1. The van der Waals surface area contributed by atoms with E-state index in [1.807, 2.05) is 31.2 Å². The Kier molecular flexibility index (Phi) is 9.23. The van der Waals surface area contributed by atoms with Gasteiger partial charge in [0.05, 0.1) is 27.9 Å². The Morgan fingerprint density at radius 2 is 2.00 bits per heavy atom. The van der Waals surface area contributed by atoms with Gasteiger partial charge in [0.1, 0.15) is 5.76 Å². The Balaban J connectivity index is 1.81. The maximum Gasteiger partial charge on any atom is 0.272 e. The average Bonchev–Trinajstić information content (AvgIpc) is 3.38. The SMILES string of the molecule is C=C/C=C\C=C/C[C@@H](C)NC(=O)c1nn(C2=CCC=C(Cl)C=C2Cl)c2c1CS(=O)(=O)C/C2=C\c1ccc(Cl)o1. The maximum atomic E-state index is 13.5. The van der Waals surface area contributed by atoms with Crippen molar-refractivity contribution in [3.05, 3.63) is 105 Å². The smallest absolute Gasteiger partial charge is 0.272 e. The molecule has 3 heterocycles. The lowest BCUT2D eigenvalue weighted by molar-refractivity contribution is 0.0934. The van der Waals surface area contributed by atoms with E-state index in [0.717, 1.165) is 0 Å². The average molecular weight is 607 g/mol. The summed E-state index contributed by atoms with van der Waals surface area (Å²) in [6.45, 7) is 5.47. The number of sulfone groups is 1. The Labute approximate surface area is 242 Å². The third kappa shape index (κ3) is 7.13. The first-order chi connectivity index (χ1) is 18.6. The molecule has 1 aliphatic heterocycles. The molecule has 2 aromatic rings. The summed E-state index contributed by atoms with van der Waals surface area (Å²) in [5, 5.41) is 8.45. The Morgan fingerprint density at radius 3 is 2.72 bits per heavy atom. The highest BCUT2D eigenvalue weighted by Gasteiger charge is 2.36. The van der Waals surface area contributed by atoms with E-state index >= 15 is 0 Å². The van der Waals surface area contributed by atoms with Gasteiger partial charge in [-0.25, -0.2) is 13.1 Å². The summed E-state index contributed by atoms with van der Waals surface area (Å²) in [6, 6.07) is 2.95. The molecule has 0 bridgehead atoms. The number of carbonyl (C=O) groups is 1. The number of halogens is 3. The number of hydrogen-bond donors (Lipinski definition) is 1. The van der Waals surface area contributed by atoms with E-state index in [-0.39, 0.29) is 34.0 Å². The summed E-state index contributed by atoms with van der Waals surface area (Å²) in [5.74, 6) is -0.757. The number of fused-ring (bicyclic) bond motifs is 1. The number of allylic oxidation sites excluding steroid dienone is 10. The Hall–Kier alpha value is -3.04. The van der Waals surface area contributed by atoms with Gasteiger partial charge in [0, 0.05) is 16.6 Å². The summed E-state index contributed by atoms with van der Waals surface area (Å²) in [5.41, 5.74) is 1.63. The van der Waals surface area contributed by atoms with Crippen LogP contribution in [0.25, 0.3) is 17.3 Å². The summed E-state index contributed by atoms with van der Waals surface area (Å²) in [6.07, 6.45) is 16.9. The number of nitrogens with one attached hydrogen (secondary N) is 1. The van der Waals surface area contributed by atoms with Gasteiger partial charge in [-0.1, -0.05) is 72.3 Å². The van der Waals surface area contributed by atoms with E-state index in [1.54, 1.807) is 42.5 Å². The van der Waals surface area contributed by atoms with Crippen LogP contribution in [0.4, 0.5) is 0 Å². The van der Waals surface area contributed by atoms with Crippen molar-refractivity contribution in [1.82, 2.24) is 15.1 Å². The van der Waals surface area contributed by atoms with Crippen molar-refractivity contribution >= 4 is 67.9 Å². The van der Waals surface area contributed by atoms with Gasteiger partial charge in [0.2, 0.25) is 0 Å². The van der Waals surface area contributed by atoms with Gasteiger partial charge >= 0.3 is 0 Å². The molecule has 0 saturated heterocycles. The van der Waals surface area contributed by atoms with E-state index in [9.17, 15) is 13.2 Å². The second-order valence-electron chi connectivity index (χ2n) is 9.00. The third-order valence-corrected chi connectivity index (χ3v) is 8.12.